The number of thiocarbonyl (C=S) groups is 1. The van der Waals surface area contributed by atoms with Crippen molar-refractivity contribution in [2.45, 2.75) is 12.8 Å². The molecule has 31 heavy (non-hydrogen) atoms. The minimum absolute atomic E-state index is 0.285. The lowest BCUT2D eigenvalue weighted by Gasteiger charge is -2.31. The van der Waals surface area contributed by atoms with Crippen molar-refractivity contribution in [3.8, 4) is 11.5 Å². The molecule has 1 aliphatic rings. The molecule has 3 aromatic rings. The molecule has 0 saturated heterocycles. The van der Waals surface area contributed by atoms with Gasteiger partial charge in [-0.15, -0.1) is 0 Å². The van der Waals surface area contributed by atoms with Crippen LogP contribution < -0.4 is 19.7 Å². The fourth-order valence-corrected chi connectivity index (χ4v) is 3.87. The molecule has 3 aromatic carbocycles. The highest BCUT2D eigenvalue weighted by molar-refractivity contribution is 7.80. The van der Waals surface area contributed by atoms with Gasteiger partial charge in [-0.3, -0.25) is 10.1 Å². The third kappa shape index (κ3) is 5.22. The number of carbonyl (C=O) groups excluding carboxylic acids is 1. The van der Waals surface area contributed by atoms with Gasteiger partial charge in [0.05, 0.1) is 5.56 Å². The smallest absolute Gasteiger partial charge is 0.261 e. The van der Waals surface area contributed by atoms with E-state index < -0.39 is 0 Å². The predicted octanol–water partition coefficient (Wildman–Crippen LogP) is 4.61. The second kappa shape index (κ2) is 10.1. The molecule has 4 rings (SSSR count). The summed E-state index contributed by atoms with van der Waals surface area (Å²) in [6.07, 6.45) is 2.01. The fourth-order valence-electron chi connectivity index (χ4n) is 3.58. The summed E-state index contributed by atoms with van der Waals surface area (Å²) in [6.45, 7) is 1.48. The second-order valence-corrected chi connectivity index (χ2v) is 7.54. The molecule has 0 bridgehead atoms. The van der Waals surface area contributed by atoms with E-state index >= 15 is 0 Å². The molecular weight excluding hydrogens is 408 g/mol. The molecule has 1 heterocycles. The number of rotatable bonds is 6. The highest BCUT2D eigenvalue weighted by Crippen LogP contribution is 2.27. The highest BCUT2D eigenvalue weighted by Gasteiger charge is 2.22. The van der Waals surface area contributed by atoms with E-state index in [0.717, 1.165) is 30.8 Å². The van der Waals surface area contributed by atoms with Gasteiger partial charge in [-0.1, -0.05) is 48.5 Å². The first-order valence-electron chi connectivity index (χ1n) is 10.3. The van der Waals surface area contributed by atoms with Crippen molar-refractivity contribution in [1.29, 1.82) is 0 Å². The maximum absolute atomic E-state index is 12.9. The van der Waals surface area contributed by atoms with Crippen LogP contribution in [0.15, 0.2) is 78.9 Å². The number of hydrogen-bond acceptors (Lipinski definition) is 4. The van der Waals surface area contributed by atoms with Crippen LogP contribution >= 0.6 is 12.2 Å². The Morgan fingerprint density at radius 1 is 0.903 bits per heavy atom. The average Bonchev–Trinajstić information content (AvgIpc) is 2.82. The molecule has 0 aliphatic carbocycles. The zero-order chi connectivity index (χ0) is 21.5. The van der Waals surface area contributed by atoms with Crippen molar-refractivity contribution < 1.29 is 14.3 Å². The Balaban J connectivity index is 1.37. The Kier molecular flexibility index (Phi) is 6.79. The molecule has 5 nitrogen and oxygen atoms in total. The Labute approximate surface area is 187 Å². The molecule has 0 aromatic heterocycles. The summed E-state index contributed by atoms with van der Waals surface area (Å²) in [5.74, 6) is 0.996. The summed E-state index contributed by atoms with van der Waals surface area (Å²) >= 11 is 5.56. The van der Waals surface area contributed by atoms with E-state index in [-0.39, 0.29) is 5.91 Å². The predicted molar refractivity (Wildman–Crippen MR) is 126 cm³/mol. The lowest BCUT2D eigenvalue weighted by Crippen LogP contribution is -2.45. The number of fused-ring (bicyclic) bond motifs is 1. The summed E-state index contributed by atoms with van der Waals surface area (Å²) in [5.41, 5.74) is 2.74. The van der Waals surface area contributed by atoms with Crippen molar-refractivity contribution in [2.24, 2.45) is 0 Å². The number of carbonyl (C=O) groups is 1. The minimum Gasteiger partial charge on any atom is -0.490 e. The largest absolute Gasteiger partial charge is 0.490 e. The number of nitrogens with zero attached hydrogens (tertiary/aromatic N) is 1. The van der Waals surface area contributed by atoms with Gasteiger partial charge in [0.15, 0.2) is 5.11 Å². The van der Waals surface area contributed by atoms with E-state index in [4.69, 9.17) is 21.7 Å². The first-order valence-corrected chi connectivity index (χ1v) is 10.7. The fraction of sp³-hybridized carbons (Fsp3) is 0.200. The van der Waals surface area contributed by atoms with Gasteiger partial charge >= 0.3 is 0 Å². The Morgan fingerprint density at radius 2 is 1.61 bits per heavy atom. The molecule has 158 valence electrons. The minimum atomic E-state index is -0.285. The number of ether oxygens (including phenoxy) is 2. The molecule has 0 radical (unpaired) electrons. The van der Waals surface area contributed by atoms with Gasteiger partial charge in [0.2, 0.25) is 0 Å². The van der Waals surface area contributed by atoms with Crippen LogP contribution in [0.1, 0.15) is 22.3 Å². The zero-order valence-corrected chi connectivity index (χ0v) is 17.9. The number of aryl methyl sites for hydroxylation is 1. The molecule has 1 N–H and O–H groups in total. The summed E-state index contributed by atoms with van der Waals surface area (Å²) in [6, 6.07) is 24.9. The summed E-state index contributed by atoms with van der Waals surface area (Å²) < 4.78 is 11.5. The van der Waals surface area contributed by atoms with Gasteiger partial charge in [0.1, 0.15) is 24.7 Å². The molecule has 1 aliphatic heterocycles. The Bertz CT molecular complexity index is 1060. The topological polar surface area (TPSA) is 50.8 Å². The van der Waals surface area contributed by atoms with Gasteiger partial charge in [0, 0.05) is 12.2 Å². The van der Waals surface area contributed by atoms with E-state index in [1.54, 1.807) is 12.1 Å². The van der Waals surface area contributed by atoms with Crippen molar-refractivity contribution in [2.75, 3.05) is 24.7 Å². The SMILES string of the molecule is O=C(NC(=S)N1CCCc2ccccc21)c1ccccc1OCCOc1ccccc1. The molecule has 0 atom stereocenters. The van der Waals surface area contributed by atoms with Crippen molar-refractivity contribution in [1.82, 2.24) is 5.32 Å². The Hall–Kier alpha value is -3.38. The second-order valence-electron chi connectivity index (χ2n) is 7.15. The number of hydrogen-bond donors (Lipinski definition) is 1. The van der Waals surface area contributed by atoms with Crippen LogP contribution in [0.4, 0.5) is 5.69 Å². The first kappa shape index (κ1) is 20.9. The summed E-state index contributed by atoms with van der Waals surface area (Å²) in [4.78, 5) is 14.9. The van der Waals surface area contributed by atoms with Crippen LogP contribution in [0.2, 0.25) is 0 Å². The van der Waals surface area contributed by atoms with Crippen LogP contribution in [0.3, 0.4) is 0 Å². The molecular formula is C25H24N2O3S. The lowest BCUT2D eigenvalue weighted by molar-refractivity contribution is 0.0972. The number of anilines is 1. The highest BCUT2D eigenvalue weighted by atomic mass is 32.1. The molecule has 0 spiro atoms. The molecule has 6 heteroatoms. The zero-order valence-electron chi connectivity index (χ0n) is 17.1. The van der Waals surface area contributed by atoms with Crippen molar-refractivity contribution in [3.63, 3.8) is 0 Å². The van der Waals surface area contributed by atoms with Gasteiger partial charge in [0.25, 0.3) is 5.91 Å². The van der Waals surface area contributed by atoms with Crippen LogP contribution in [0, 0.1) is 0 Å². The number of benzene rings is 3. The molecule has 0 fully saturated rings. The molecule has 0 saturated carbocycles. The molecule has 1 amide bonds. The van der Waals surface area contributed by atoms with Crippen molar-refractivity contribution >= 4 is 28.9 Å². The summed E-state index contributed by atoms with van der Waals surface area (Å²) in [7, 11) is 0. The third-order valence-electron chi connectivity index (χ3n) is 5.06. The standard InChI is InChI=1S/C25H24N2O3S/c28-24(26-25(31)27-16-8-10-19-9-4-6-14-22(19)27)21-13-5-7-15-23(21)30-18-17-29-20-11-2-1-3-12-20/h1-7,9,11-15H,8,10,16-18H2,(H,26,28,31). The van der Waals surface area contributed by atoms with E-state index in [2.05, 4.69) is 11.4 Å². The van der Waals surface area contributed by atoms with E-state index in [9.17, 15) is 4.79 Å². The quantitative estimate of drug-likeness (QED) is 0.455. The van der Waals surface area contributed by atoms with Crippen LogP contribution in [0.25, 0.3) is 0 Å². The average molecular weight is 433 g/mol. The maximum atomic E-state index is 12.9. The van der Waals surface area contributed by atoms with E-state index in [1.807, 2.05) is 65.6 Å². The van der Waals surface area contributed by atoms with Gasteiger partial charge < -0.3 is 14.4 Å². The van der Waals surface area contributed by atoms with Crippen LogP contribution in [0.5, 0.6) is 11.5 Å². The number of nitrogens with one attached hydrogen (secondary N) is 1. The lowest BCUT2D eigenvalue weighted by atomic mass is 10.0. The summed E-state index contributed by atoms with van der Waals surface area (Å²) in [5, 5.41) is 3.27. The maximum Gasteiger partial charge on any atom is 0.261 e. The van der Waals surface area contributed by atoms with Gasteiger partial charge in [-0.25, -0.2) is 0 Å². The van der Waals surface area contributed by atoms with Crippen LogP contribution in [-0.2, 0) is 6.42 Å². The van der Waals surface area contributed by atoms with E-state index in [1.165, 1.54) is 5.56 Å². The van der Waals surface area contributed by atoms with Crippen molar-refractivity contribution in [3.05, 3.63) is 90.0 Å². The van der Waals surface area contributed by atoms with Gasteiger partial charge in [-0.2, -0.15) is 0 Å². The Morgan fingerprint density at radius 3 is 2.48 bits per heavy atom. The number of amides is 1. The first-order chi connectivity index (χ1) is 15.2. The van der Waals surface area contributed by atoms with Gasteiger partial charge in [-0.05, 0) is 61.0 Å². The third-order valence-corrected chi connectivity index (χ3v) is 5.38. The monoisotopic (exact) mass is 432 g/mol. The van der Waals surface area contributed by atoms with Crippen LogP contribution in [-0.4, -0.2) is 30.8 Å². The molecule has 0 unspecified atom stereocenters. The number of para-hydroxylation sites is 3. The normalized spacial score (nSPS) is 12.6. The van der Waals surface area contributed by atoms with E-state index in [0.29, 0.717) is 29.6 Å².